The number of rotatable bonds is 1. The quantitative estimate of drug-likeness (QED) is 0.780. The summed E-state index contributed by atoms with van der Waals surface area (Å²) < 4.78 is 0. The van der Waals surface area contributed by atoms with Gasteiger partial charge in [0.15, 0.2) is 0 Å². The van der Waals surface area contributed by atoms with Crippen LogP contribution in [0.4, 0.5) is 0 Å². The van der Waals surface area contributed by atoms with Gasteiger partial charge in [-0.15, -0.1) is 0 Å². The minimum absolute atomic E-state index is 0.579. The Bertz CT molecular complexity index is 527. The van der Waals surface area contributed by atoms with E-state index in [1.807, 2.05) is 0 Å². The highest BCUT2D eigenvalue weighted by atomic mass is 15.0. The minimum atomic E-state index is 0.579. The van der Waals surface area contributed by atoms with Crippen LogP contribution in [0.3, 0.4) is 0 Å². The van der Waals surface area contributed by atoms with E-state index in [0.717, 1.165) is 0 Å². The van der Waals surface area contributed by atoms with Crippen LogP contribution in [0.25, 0.3) is 10.8 Å². The fourth-order valence-corrected chi connectivity index (χ4v) is 3.19. The molecule has 3 atom stereocenters. The fraction of sp³-hybridized carbons (Fsp3) is 0.375. The lowest BCUT2D eigenvalue weighted by atomic mass is 9.88. The topological polar surface area (TPSA) is 12.0 Å². The van der Waals surface area contributed by atoms with E-state index in [9.17, 15) is 0 Å². The summed E-state index contributed by atoms with van der Waals surface area (Å²) in [5.41, 5.74) is 1.51. The molecule has 0 radical (unpaired) electrons. The third-order valence-electron chi connectivity index (χ3n) is 3.98. The lowest BCUT2D eigenvalue weighted by molar-refractivity contribution is 0.576. The van der Waals surface area contributed by atoms with E-state index in [-0.39, 0.29) is 0 Å². The Balaban J connectivity index is 2.11. The van der Waals surface area contributed by atoms with Crippen molar-refractivity contribution in [1.29, 1.82) is 0 Å². The molecular weight excluding hydrogens is 206 g/mol. The van der Waals surface area contributed by atoms with Gasteiger partial charge in [0.1, 0.15) is 0 Å². The van der Waals surface area contributed by atoms with Gasteiger partial charge in [-0.05, 0) is 36.6 Å². The molecule has 1 nitrogen and oxygen atoms in total. The van der Waals surface area contributed by atoms with Crippen LogP contribution in [-0.2, 0) is 0 Å². The van der Waals surface area contributed by atoms with Gasteiger partial charge in [-0.1, -0.05) is 42.5 Å². The molecule has 1 saturated heterocycles. The summed E-state index contributed by atoms with van der Waals surface area (Å²) in [6.07, 6.45) is 1.25. The van der Waals surface area contributed by atoms with E-state index < -0.39 is 0 Å². The monoisotopic (exact) mass is 225 g/mol. The maximum absolute atomic E-state index is 3.63. The van der Waals surface area contributed by atoms with Crippen LogP contribution in [0.15, 0.2) is 42.5 Å². The molecular formula is C16H19N. The van der Waals surface area contributed by atoms with Crippen LogP contribution in [0, 0.1) is 0 Å². The zero-order valence-electron chi connectivity index (χ0n) is 10.5. The second-order valence-corrected chi connectivity index (χ2v) is 5.27. The summed E-state index contributed by atoms with van der Waals surface area (Å²) in [5, 5.41) is 6.41. The number of fused-ring (bicyclic) bond motifs is 1. The van der Waals surface area contributed by atoms with Crippen LogP contribution in [0.5, 0.6) is 0 Å². The third-order valence-corrected chi connectivity index (χ3v) is 3.98. The molecule has 3 rings (SSSR count). The lowest BCUT2D eigenvalue weighted by Gasteiger charge is -2.17. The first-order chi connectivity index (χ1) is 8.25. The molecule has 17 heavy (non-hydrogen) atoms. The molecule has 2 aromatic carbocycles. The highest BCUT2D eigenvalue weighted by Gasteiger charge is 2.29. The van der Waals surface area contributed by atoms with Gasteiger partial charge in [0.05, 0.1) is 0 Å². The van der Waals surface area contributed by atoms with Crippen LogP contribution in [0.1, 0.15) is 31.7 Å². The summed E-state index contributed by atoms with van der Waals surface area (Å²) in [5.74, 6) is 0.649. The van der Waals surface area contributed by atoms with Crippen molar-refractivity contribution in [2.45, 2.75) is 38.3 Å². The van der Waals surface area contributed by atoms with E-state index in [1.54, 1.807) is 0 Å². The normalized spacial score (nSPS) is 28.7. The maximum atomic E-state index is 3.63. The molecule has 1 heterocycles. The van der Waals surface area contributed by atoms with Gasteiger partial charge < -0.3 is 5.32 Å². The van der Waals surface area contributed by atoms with Crippen molar-refractivity contribution in [3.63, 3.8) is 0 Å². The summed E-state index contributed by atoms with van der Waals surface area (Å²) in [6, 6.07) is 16.6. The molecule has 0 aromatic heterocycles. The first kappa shape index (κ1) is 10.8. The van der Waals surface area contributed by atoms with Crippen molar-refractivity contribution >= 4 is 10.8 Å². The average Bonchev–Trinajstić information content (AvgIpc) is 2.68. The Morgan fingerprint density at radius 1 is 1.00 bits per heavy atom. The maximum Gasteiger partial charge on any atom is 0.0111 e. The smallest absolute Gasteiger partial charge is 0.0111 e. The largest absolute Gasteiger partial charge is 0.311 e. The summed E-state index contributed by atoms with van der Waals surface area (Å²) >= 11 is 0. The first-order valence-electron chi connectivity index (χ1n) is 6.49. The average molecular weight is 225 g/mol. The van der Waals surface area contributed by atoms with Crippen molar-refractivity contribution in [3.05, 3.63) is 48.0 Å². The van der Waals surface area contributed by atoms with E-state index in [1.165, 1.54) is 22.8 Å². The molecule has 1 fully saturated rings. The Hall–Kier alpha value is -1.34. The van der Waals surface area contributed by atoms with Crippen LogP contribution < -0.4 is 5.32 Å². The van der Waals surface area contributed by atoms with Gasteiger partial charge >= 0.3 is 0 Å². The minimum Gasteiger partial charge on any atom is -0.311 e. The second-order valence-electron chi connectivity index (χ2n) is 5.27. The van der Waals surface area contributed by atoms with Gasteiger partial charge in [0.25, 0.3) is 0 Å². The molecule has 0 spiro atoms. The number of hydrogen-bond donors (Lipinski definition) is 1. The lowest BCUT2D eigenvalue weighted by Crippen LogP contribution is -2.26. The molecule has 2 aromatic rings. The van der Waals surface area contributed by atoms with Crippen molar-refractivity contribution in [3.8, 4) is 0 Å². The fourth-order valence-electron chi connectivity index (χ4n) is 3.19. The second kappa shape index (κ2) is 4.15. The molecule has 1 aliphatic rings. The van der Waals surface area contributed by atoms with Crippen LogP contribution >= 0.6 is 0 Å². The summed E-state index contributed by atoms with van der Waals surface area (Å²) in [6.45, 7) is 4.58. The third kappa shape index (κ3) is 1.85. The zero-order chi connectivity index (χ0) is 11.8. The predicted octanol–water partition coefficient (Wildman–Crippen LogP) is 3.69. The molecule has 1 aliphatic heterocycles. The molecule has 1 N–H and O–H groups in total. The Labute approximate surface area is 103 Å². The SMILES string of the molecule is CC1CC(c2cccc3ccccc23)C(C)N1. The van der Waals surface area contributed by atoms with Crippen LogP contribution in [-0.4, -0.2) is 12.1 Å². The molecule has 0 amide bonds. The van der Waals surface area contributed by atoms with Crippen molar-refractivity contribution < 1.29 is 0 Å². The molecule has 0 saturated carbocycles. The van der Waals surface area contributed by atoms with Gasteiger partial charge in [-0.25, -0.2) is 0 Å². The molecule has 0 bridgehead atoms. The summed E-state index contributed by atoms with van der Waals surface area (Å²) in [4.78, 5) is 0. The van der Waals surface area contributed by atoms with Gasteiger partial charge in [0.2, 0.25) is 0 Å². The Morgan fingerprint density at radius 2 is 1.76 bits per heavy atom. The molecule has 0 aliphatic carbocycles. The van der Waals surface area contributed by atoms with Crippen molar-refractivity contribution in [1.82, 2.24) is 5.32 Å². The first-order valence-corrected chi connectivity index (χ1v) is 6.49. The van der Waals surface area contributed by atoms with Gasteiger partial charge in [-0.2, -0.15) is 0 Å². The van der Waals surface area contributed by atoms with Crippen molar-refractivity contribution in [2.24, 2.45) is 0 Å². The number of nitrogens with one attached hydrogen (secondary N) is 1. The van der Waals surface area contributed by atoms with E-state index in [4.69, 9.17) is 0 Å². The highest BCUT2D eigenvalue weighted by molar-refractivity contribution is 5.86. The van der Waals surface area contributed by atoms with Gasteiger partial charge in [-0.3, -0.25) is 0 Å². The summed E-state index contributed by atoms with van der Waals surface area (Å²) in [7, 11) is 0. The number of hydrogen-bond acceptors (Lipinski definition) is 1. The Kier molecular flexibility index (Phi) is 2.64. The van der Waals surface area contributed by atoms with Crippen LogP contribution in [0.2, 0.25) is 0 Å². The standard InChI is InChI=1S/C16H19N/c1-11-10-16(12(2)17-11)15-9-5-7-13-6-3-4-8-14(13)15/h3-9,11-12,16-17H,10H2,1-2H3. The van der Waals surface area contributed by atoms with Crippen molar-refractivity contribution in [2.75, 3.05) is 0 Å². The zero-order valence-corrected chi connectivity index (χ0v) is 10.5. The molecule has 3 unspecified atom stereocenters. The Morgan fingerprint density at radius 3 is 2.53 bits per heavy atom. The van der Waals surface area contributed by atoms with Gasteiger partial charge in [0, 0.05) is 18.0 Å². The van der Waals surface area contributed by atoms with E-state index in [0.29, 0.717) is 18.0 Å². The highest BCUT2D eigenvalue weighted by Crippen LogP contribution is 2.34. The molecule has 88 valence electrons. The predicted molar refractivity (Wildman–Crippen MR) is 73.4 cm³/mol. The number of benzene rings is 2. The van der Waals surface area contributed by atoms with E-state index >= 15 is 0 Å². The van der Waals surface area contributed by atoms with E-state index in [2.05, 4.69) is 61.6 Å². The molecule has 1 heteroatoms.